The van der Waals surface area contributed by atoms with Crippen molar-refractivity contribution in [3.05, 3.63) is 35.1 Å². The van der Waals surface area contributed by atoms with Gasteiger partial charge in [0.05, 0.1) is 6.54 Å². The maximum Gasteiger partial charge on any atom is 0.261 e. The zero-order chi connectivity index (χ0) is 15.4. The molecule has 2 aliphatic rings. The normalized spacial score (nSPS) is 24.3. The SMILES string of the molecule is CC(/C=C/C(O)=C1\C(=O)CN(C)C1=O)=C\C1CCCCC1. The number of ketones is 1. The largest absolute Gasteiger partial charge is 0.507 e. The van der Waals surface area contributed by atoms with E-state index in [9.17, 15) is 14.7 Å². The first-order chi connectivity index (χ1) is 9.99. The molecule has 0 aromatic heterocycles. The second-order valence-corrected chi connectivity index (χ2v) is 5.99. The highest BCUT2D eigenvalue weighted by Gasteiger charge is 2.33. The number of aliphatic hydroxyl groups excluding tert-OH is 1. The van der Waals surface area contributed by atoms with E-state index in [2.05, 4.69) is 6.08 Å². The molecule has 0 unspecified atom stereocenters. The van der Waals surface area contributed by atoms with Gasteiger partial charge in [-0.05, 0) is 31.8 Å². The number of carbonyl (C=O) groups is 2. The van der Waals surface area contributed by atoms with Crippen molar-refractivity contribution in [2.45, 2.75) is 39.0 Å². The number of Topliss-reactive ketones (excluding diaryl/α,β-unsaturated/α-hetero) is 1. The van der Waals surface area contributed by atoms with E-state index >= 15 is 0 Å². The zero-order valence-corrected chi connectivity index (χ0v) is 12.8. The van der Waals surface area contributed by atoms with E-state index in [1.165, 1.54) is 43.1 Å². The molecule has 0 bridgehead atoms. The summed E-state index contributed by atoms with van der Waals surface area (Å²) in [6.07, 6.45) is 11.8. The molecule has 2 rings (SSSR count). The summed E-state index contributed by atoms with van der Waals surface area (Å²) < 4.78 is 0. The van der Waals surface area contributed by atoms with Gasteiger partial charge in [0.1, 0.15) is 11.3 Å². The molecular weight excluding hydrogens is 266 g/mol. The first-order valence-corrected chi connectivity index (χ1v) is 7.57. The molecule has 1 heterocycles. The summed E-state index contributed by atoms with van der Waals surface area (Å²) in [6.45, 7) is 2.02. The number of rotatable bonds is 3. The molecule has 0 aromatic carbocycles. The van der Waals surface area contributed by atoms with E-state index < -0.39 is 5.91 Å². The van der Waals surface area contributed by atoms with Gasteiger partial charge in [0, 0.05) is 7.05 Å². The predicted molar refractivity (Wildman–Crippen MR) is 81.8 cm³/mol. The monoisotopic (exact) mass is 289 g/mol. The Balaban J connectivity index is 2.07. The van der Waals surface area contributed by atoms with Crippen LogP contribution in [0.15, 0.2) is 35.1 Å². The van der Waals surface area contributed by atoms with Crippen molar-refractivity contribution in [2.75, 3.05) is 13.6 Å². The highest BCUT2D eigenvalue weighted by Crippen LogP contribution is 2.26. The minimum absolute atomic E-state index is 0.0446. The predicted octanol–water partition coefficient (Wildman–Crippen LogP) is 2.92. The lowest BCUT2D eigenvalue weighted by Crippen LogP contribution is -2.19. The van der Waals surface area contributed by atoms with Crippen molar-refractivity contribution in [3.63, 3.8) is 0 Å². The molecule has 1 saturated carbocycles. The van der Waals surface area contributed by atoms with Crippen molar-refractivity contribution in [3.8, 4) is 0 Å². The van der Waals surface area contributed by atoms with Gasteiger partial charge < -0.3 is 10.0 Å². The summed E-state index contributed by atoms with van der Waals surface area (Å²) in [5.41, 5.74) is 0.958. The fourth-order valence-electron chi connectivity index (χ4n) is 2.95. The Morgan fingerprint density at radius 3 is 2.43 bits per heavy atom. The van der Waals surface area contributed by atoms with E-state index in [4.69, 9.17) is 0 Å². The van der Waals surface area contributed by atoms with Crippen LogP contribution in [0.1, 0.15) is 39.0 Å². The number of allylic oxidation sites excluding steroid dienone is 4. The minimum atomic E-state index is -0.406. The third-order valence-corrected chi connectivity index (χ3v) is 4.13. The smallest absolute Gasteiger partial charge is 0.261 e. The Morgan fingerprint density at radius 1 is 1.19 bits per heavy atom. The van der Waals surface area contributed by atoms with Gasteiger partial charge in [-0.1, -0.05) is 37.0 Å². The van der Waals surface area contributed by atoms with Crippen LogP contribution in [0.25, 0.3) is 0 Å². The van der Waals surface area contributed by atoms with E-state index in [0.717, 1.165) is 5.57 Å². The number of carbonyl (C=O) groups excluding carboxylic acids is 2. The van der Waals surface area contributed by atoms with E-state index in [1.807, 2.05) is 6.92 Å². The maximum absolute atomic E-state index is 11.8. The lowest BCUT2D eigenvalue weighted by atomic mass is 9.88. The Morgan fingerprint density at radius 2 is 1.86 bits per heavy atom. The Hall–Kier alpha value is -1.84. The molecule has 2 fully saturated rings. The number of hydrogen-bond acceptors (Lipinski definition) is 3. The lowest BCUT2D eigenvalue weighted by molar-refractivity contribution is -0.123. The van der Waals surface area contributed by atoms with E-state index in [1.54, 1.807) is 13.1 Å². The van der Waals surface area contributed by atoms with Crippen LogP contribution in [-0.4, -0.2) is 35.3 Å². The van der Waals surface area contributed by atoms with Gasteiger partial charge in [0.15, 0.2) is 5.78 Å². The Bertz CT molecular complexity index is 522. The Labute approximate surface area is 125 Å². The number of hydrogen-bond donors (Lipinski definition) is 1. The molecule has 4 heteroatoms. The zero-order valence-electron chi connectivity index (χ0n) is 12.8. The fourth-order valence-corrected chi connectivity index (χ4v) is 2.95. The van der Waals surface area contributed by atoms with Gasteiger partial charge in [-0.2, -0.15) is 0 Å². The van der Waals surface area contributed by atoms with Crippen LogP contribution in [-0.2, 0) is 9.59 Å². The first-order valence-electron chi connectivity index (χ1n) is 7.57. The van der Waals surface area contributed by atoms with Crippen molar-refractivity contribution in [2.24, 2.45) is 5.92 Å². The van der Waals surface area contributed by atoms with Crippen LogP contribution in [0, 0.1) is 5.92 Å². The summed E-state index contributed by atoms with van der Waals surface area (Å²) in [7, 11) is 1.55. The molecule has 1 amide bonds. The maximum atomic E-state index is 11.8. The highest BCUT2D eigenvalue weighted by atomic mass is 16.3. The summed E-state index contributed by atoms with van der Waals surface area (Å²) >= 11 is 0. The van der Waals surface area contributed by atoms with Gasteiger partial charge in [-0.25, -0.2) is 0 Å². The second-order valence-electron chi connectivity index (χ2n) is 5.99. The number of likely N-dealkylation sites (N-methyl/N-ethyl adjacent to an activating group) is 1. The molecule has 0 spiro atoms. The quantitative estimate of drug-likeness (QED) is 0.376. The van der Waals surface area contributed by atoms with Crippen molar-refractivity contribution < 1.29 is 14.7 Å². The van der Waals surface area contributed by atoms with Crippen LogP contribution >= 0.6 is 0 Å². The van der Waals surface area contributed by atoms with Crippen molar-refractivity contribution in [1.29, 1.82) is 0 Å². The standard InChI is InChI=1S/C17H23NO3/c1-12(10-13-6-4-3-5-7-13)8-9-14(19)16-15(20)11-18(2)17(16)21/h8-10,13,19H,3-7,11H2,1-2H3/b9-8+,12-10+,16-14-. The van der Waals surface area contributed by atoms with E-state index in [0.29, 0.717) is 5.92 Å². The van der Waals surface area contributed by atoms with Crippen LogP contribution in [0.4, 0.5) is 0 Å². The molecule has 1 aliphatic carbocycles. The molecule has 114 valence electrons. The molecule has 4 nitrogen and oxygen atoms in total. The summed E-state index contributed by atoms with van der Waals surface area (Å²) in [5, 5.41) is 9.96. The number of aliphatic hydroxyl groups is 1. The van der Waals surface area contributed by atoms with E-state index in [-0.39, 0.29) is 23.7 Å². The van der Waals surface area contributed by atoms with Crippen LogP contribution < -0.4 is 0 Å². The van der Waals surface area contributed by atoms with Gasteiger partial charge in [-0.3, -0.25) is 9.59 Å². The number of nitrogens with zero attached hydrogens (tertiary/aromatic N) is 1. The molecule has 1 N–H and O–H groups in total. The molecule has 0 radical (unpaired) electrons. The Kier molecular flexibility index (Phi) is 4.99. The molecule has 1 aliphatic heterocycles. The van der Waals surface area contributed by atoms with Crippen LogP contribution in [0.5, 0.6) is 0 Å². The van der Waals surface area contributed by atoms with Crippen molar-refractivity contribution in [1.82, 2.24) is 4.90 Å². The third-order valence-electron chi connectivity index (χ3n) is 4.13. The first kappa shape index (κ1) is 15.5. The van der Waals surface area contributed by atoms with Gasteiger partial charge in [0.25, 0.3) is 5.91 Å². The third kappa shape index (κ3) is 3.84. The van der Waals surface area contributed by atoms with Crippen molar-refractivity contribution >= 4 is 11.7 Å². The number of likely N-dealkylation sites (tertiary alicyclic amines) is 1. The minimum Gasteiger partial charge on any atom is -0.507 e. The summed E-state index contributed by atoms with van der Waals surface area (Å²) in [6, 6.07) is 0. The van der Waals surface area contributed by atoms with Gasteiger partial charge >= 0.3 is 0 Å². The fraction of sp³-hybridized carbons (Fsp3) is 0.529. The van der Waals surface area contributed by atoms with Gasteiger partial charge in [-0.15, -0.1) is 0 Å². The van der Waals surface area contributed by atoms with Crippen LogP contribution in [0.2, 0.25) is 0 Å². The molecular formula is C17H23NO3. The molecule has 0 atom stereocenters. The second kappa shape index (κ2) is 6.74. The summed E-state index contributed by atoms with van der Waals surface area (Å²) in [4.78, 5) is 24.7. The number of amides is 1. The molecule has 21 heavy (non-hydrogen) atoms. The van der Waals surface area contributed by atoms with Gasteiger partial charge in [0.2, 0.25) is 0 Å². The molecule has 1 saturated heterocycles. The average Bonchev–Trinajstić information content (AvgIpc) is 2.71. The highest BCUT2D eigenvalue weighted by molar-refractivity contribution is 6.25. The average molecular weight is 289 g/mol. The topological polar surface area (TPSA) is 57.6 Å². The summed E-state index contributed by atoms with van der Waals surface area (Å²) in [5.74, 6) is -0.348. The molecule has 0 aromatic rings. The van der Waals surface area contributed by atoms with Crippen LogP contribution in [0.3, 0.4) is 0 Å². The lowest BCUT2D eigenvalue weighted by Gasteiger charge is -2.18.